The molecule has 1 N–H and O–H groups in total. The van der Waals surface area contributed by atoms with Crippen LogP contribution in [0.5, 0.6) is 0 Å². The van der Waals surface area contributed by atoms with Gasteiger partial charge in [0.15, 0.2) is 5.41 Å². The Bertz CT molecular complexity index is 514. The van der Waals surface area contributed by atoms with Gasteiger partial charge in [0.05, 0.1) is 19.3 Å². The Labute approximate surface area is 123 Å². The zero-order valence-corrected chi connectivity index (χ0v) is 12.2. The number of hydrogen-bond acceptors (Lipinski definition) is 5. The number of carbonyl (C=O) groups excluding carboxylic acids is 3. The maximum Gasteiger partial charge on any atom is 0.324 e. The first kappa shape index (κ1) is 15.3. The molecule has 0 aromatic rings. The van der Waals surface area contributed by atoms with Crippen molar-refractivity contribution in [1.29, 1.82) is 0 Å². The van der Waals surface area contributed by atoms with E-state index in [2.05, 4.69) is 17.6 Å². The molecule has 2 fully saturated rings. The molecule has 0 aromatic carbocycles. The second-order valence-electron chi connectivity index (χ2n) is 5.15. The van der Waals surface area contributed by atoms with Crippen LogP contribution in [0, 0.1) is 11.3 Å². The highest BCUT2D eigenvalue weighted by Gasteiger charge is 2.65. The summed E-state index contributed by atoms with van der Waals surface area (Å²) in [4.78, 5) is 36.6. The number of carbonyl (C=O) groups is 3. The largest absolute Gasteiger partial charge is 0.465 e. The molecule has 0 spiro atoms. The summed E-state index contributed by atoms with van der Waals surface area (Å²) in [5, 5.41) is 2.77. The van der Waals surface area contributed by atoms with Gasteiger partial charge in [-0.3, -0.25) is 14.4 Å². The zero-order chi connectivity index (χ0) is 15.6. The van der Waals surface area contributed by atoms with Crippen molar-refractivity contribution in [3.8, 4) is 0 Å². The van der Waals surface area contributed by atoms with E-state index in [0.29, 0.717) is 5.57 Å². The van der Waals surface area contributed by atoms with Crippen molar-refractivity contribution in [2.75, 3.05) is 13.2 Å². The predicted octanol–water partition coefficient (Wildman–Crippen LogP) is 0.719. The molecule has 2 atom stereocenters. The van der Waals surface area contributed by atoms with Gasteiger partial charge in [0.25, 0.3) is 0 Å². The predicted molar refractivity (Wildman–Crippen MR) is 73.0 cm³/mol. The van der Waals surface area contributed by atoms with E-state index in [1.807, 2.05) is 0 Å². The third-order valence-corrected chi connectivity index (χ3v) is 4.11. The maximum absolute atomic E-state index is 12.5. The highest BCUT2D eigenvalue weighted by molar-refractivity contribution is 6.03. The van der Waals surface area contributed by atoms with Gasteiger partial charge in [0.2, 0.25) is 5.91 Å². The number of amides is 1. The van der Waals surface area contributed by atoms with E-state index in [-0.39, 0.29) is 32.0 Å². The first-order chi connectivity index (χ1) is 10.0. The SMILES string of the molecule is C=C=C1CC(C(=O)OCC)(C(=O)OCC)[C@H]2CC(=O)N[C@@H]12. The van der Waals surface area contributed by atoms with Gasteiger partial charge in [-0.25, -0.2) is 0 Å². The molecular formula is C15H19NO5. The minimum absolute atomic E-state index is 0.0907. The van der Waals surface area contributed by atoms with Crippen LogP contribution in [0.3, 0.4) is 0 Å². The standard InChI is InChI=1S/C15H19NO5/c1-4-9-8-15(13(18)20-5-2,14(19)21-6-3)10-7-11(17)16-12(9)10/h10,12H,1,5-8H2,2-3H3,(H,16,17)/t10-,12-/m0/s1. The van der Waals surface area contributed by atoms with Crippen molar-refractivity contribution in [3.63, 3.8) is 0 Å². The summed E-state index contributed by atoms with van der Waals surface area (Å²) in [6.45, 7) is 7.25. The number of esters is 2. The molecule has 0 unspecified atom stereocenters. The maximum atomic E-state index is 12.5. The Kier molecular flexibility index (Phi) is 4.19. The van der Waals surface area contributed by atoms with Crippen LogP contribution in [0.4, 0.5) is 0 Å². The van der Waals surface area contributed by atoms with Crippen LogP contribution in [0.2, 0.25) is 0 Å². The van der Waals surface area contributed by atoms with E-state index in [1.165, 1.54) is 0 Å². The highest BCUT2D eigenvalue weighted by Crippen LogP contribution is 2.51. The molecule has 114 valence electrons. The second-order valence-corrected chi connectivity index (χ2v) is 5.15. The van der Waals surface area contributed by atoms with Gasteiger partial charge in [-0.05, 0) is 19.4 Å². The van der Waals surface area contributed by atoms with Crippen LogP contribution in [-0.4, -0.2) is 37.1 Å². The van der Waals surface area contributed by atoms with Crippen LogP contribution in [0.25, 0.3) is 0 Å². The minimum atomic E-state index is -1.48. The van der Waals surface area contributed by atoms with Crippen molar-refractivity contribution >= 4 is 17.8 Å². The molecule has 21 heavy (non-hydrogen) atoms. The fourth-order valence-corrected chi connectivity index (χ4v) is 3.20. The zero-order valence-electron chi connectivity index (χ0n) is 12.2. The molecule has 1 saturated carbocycles. The van der Waals surface area contributed by atoms with E-state index in [0.717, 1.165) is 0 Å². The summed E-state index contributed by atoms with van der Waals surface area (Å²) in [7, 11) is 0. The van der Waals surface area contributed by atoms with Gasteiger partial charge in [-0.15, -0.1) is 5.73 Å². The van der Waals surface area contributed by atoms with Gasteiger partial charge in [-0.1, -0.05) is 6.58 Å². The summed E-state index contributed by atoms with van der Waals surface area (Å²) in [6, 6.07) is -0.399. The molecule has 0 bridgehead atoms. The van der Waals surface area contributed by atoms with Crippen LogP contribution in [-0.2, 0) is 23.9 Å². The number of rotatable bonds is 4. The summed E-state index contributed by atoms with van der Waals surface area (Å²) in [5.41, 5.74) is 1.91. The summed E-state index contributed by atoms with van der Waals surface area (Å²) >= 11 is 0. The Hall–Kier alpha value is -2.07. The smallest absolute Gasteiger partial charge is 0.324 e. The minimum Gasteiger partial charge on any atom is -0.465 e. The molecular weight excluding hydrogens is 274 g/mol. The van der Waals surface area contributed by atoms with E-state index in [4.69, 9.17) is 9.47 Å². The molecule has 2 rings (SSSR count). The van der Waals surface area contributed by atoms with Gasteiger partial charge >= 0.3 is 11.9 Å². The van der Waals surface area contributed by atoms with Crippen molar-refractivity contribution < 1.29 is 23.9 Å². The number of fused-ring (bicyclic) bond motifs is 1. The van der Waals surface area contributed by atoms with E-state index < -0.39 is 29.3 Å². The molecule has 6 heteroatoms. The topological polar surface area (TPSA) is 81.7 Å². The van der Waals surface area contributed by atoms with Gasteiger partial charge < -0.3 is 14.8 Å². The summed E-state index contributed by atoms with van der Waals surface area (Å²) in [6.07, 6.45) is 0.219. The highest BCUT2D eigenvalue weighted by atomic mass is 16.6. The Balaban J connectivity index is 2.49. The van der Waals surface area contributed by atoms with Crippen molar-refractivity contribution in [2.24, 2.45) is 11.3 Å². The van der Waals surface area contributed by atoms with Gasteiger partial charge in [0, 0.05) is 18.8 Å². The van der Waals surface area contributed by atoms with Crippen LogP contribution in [0.15, 0.2) is 17.9 Å². The van der Waals surface area contributed by atoms with Crippen LogP contribution in [0.1, 0.15) is 26.7 Å². The molecule has 0 aromatic heterocycles. The van der Waals surface area contributed by atoms with Crippen molar-refractivity contribution in [3.05, 3.63) is 17.9 Å². The summed E-state index contributed by atoms with van der Waals surface area (Å²) in [5.74, 6) is -1.98. The number of nitrogens with one attached hydrogen (secondary N) is 1. The third-order valence-electron chi connectivity index (χ3n) is 4.11. The lowest BCUT2D eigenvalue weighted by Gasteiger charge is -2.28. The van der Waals surface area contributed by atoms with Crippen LogP contribution >= 0.6 is 0 Å². The Morgan fingerprint density at radius 1 is 1.33 bits per heavy atom. The lowest BCUT2D eigenvalue weighted by Crippen LogP contribution is -2.46. The third kappa shape index (κ3) is 2.25. The molecule has 2 aliphatic rings. The molecule has 1 amide bonds. The molecule has 1 aliphatic heterocycles. The average Bonchev–Trinajstić information content (AvgIpc) is 2.95. The van der Waals surface area contributed by atoms with E-state index in [1.54, 1.807) is 13.8 Å². The second kappa shape index (κ2) is 5.74. The fourth-order valence-electron chi connectivity index (χ4n) is 3.20. The number of ether oxygens (including phenoxy) is 2. The first-order valence-corrected chi connectivity index (χ1v) is 7.03. The molecule has 6 nitrogen and oxygen atoms in total. The molecule has 1 saturated heterocycles. The molecule has 1 aliphatic carbocycles. The quantitative estimate of drug-likeness (QED) is 0.469. The Morgan fingerprint density at radius 2 is 1.90 bits per heavy atom. The fraction of sp³-hybridized carbons (Fsp3) is 0.600. The summed E-state index contributed by atoms with van der Waals surface area (Å²) < 4.78 is 10.2. The lowest BCUT2D eigenvalue weighted by molar-refractivity contribution is -0.175. The van der Waals surface area contributed by atoms with Gasteiger partial charge in [-0.2, -0.15) is 0 Å². The van der Waals surface area contributed by atoms with E-state index >= 15 is 0 Å². The number of hydrogen-bond donors (Lipinski definition) is 1. The first-order valence-electron chi connectivity index (χ1n) is 7.03. The van der Waals surface area contributed by atoms with Gasteiger partial charge in [0.1, 0.15) is 0 Å². The van der Waals surface area contributed by atoms with Crippen LogP contribution < -0.4 is 5.32 Å². The van der Waals surface area contributed by atoms with Crippen molar-refractivity contribution in [1.82, 2.24) is 5.32 Å². The molecule has 0 radical (unpaired) electrons. The monoisotopic (exact) mass is 293 g/mol. The molecule has 1 heterocycles. The average molecular weight is 293 g/mol. The van der Waals surface area contributed by atoms with E-state index in [9.17, 15) is 14.4 Å². The lowest BCUT2D eigenvalue weighted by atomic mass is 9.76. The van der Waals surface area contributed by atoms with Crippen molar-refractivity contribution in [2.45, 2.75) is 32.7 Å². The Morgan fingerprint density at radius 3 is 2.38 bits per heavy atom. The normalized spacial score (nSPS) is 25.8.